The third kappa shape index (κ3) is 3.14. The van der Waals surface area contributed by atoms with Crippen molar-refractivity contribution in [1.82, 2.24) is 4.98 Å². The Morgan fingerprint density at radius 2 is 2.31 bits per heavy atom. The Labute approximate surface area is 83.1 Å². The van der Waals surface area contributed by atoms with Crippen LogP contribution >= 0.6 is 11.8 Å². The van der Waals surface area contributed by atoms with Crippen LogP contribution in [0, 0.1) is 6.92 Å². The van der Waals surface area contributed by atoms with Crippen molar-refractivity contribution in [3.05, 3.63) is 17.8 Å². The first-order valence-electron chi connectivity index (χ1n) is 4.20. The lowest BCUT2D eigenvalue weighted by molar-refractivity contribution is 1.13. The average Bonchev–Trinajstić information content (AvgIpc) is 2.11. The topological polar surface area (TPSA) is 50.9 Å². The van der Waals surface area contributed by atoms with Crippen molar-refractivity contribution < 1.29 is 0 Å². The predicted octanol–water partition coefficient (Wildman–Crippen LogP) is 1.75. The molecule has 13 heavy (non-hydrogen) atoms. The molecule has 0 bridgehead atoms. The maximum atomic E-state index is 5.74. The molecule has 0 fully saturated rings. The van der Waals surface area contributed by atoms with E-state index in [0.29, 0.717) is 5.69 Å². The molecule has 3 nitrogen and oxygen atoms in total. The van der Waals surface area contributed by atoms with Crippen molar-refractivity contribution in [2.24, 2.45) is 0 Å². The largest absolute Gasteiger partial charge is 0.396 e. The van der Waals surface area contributed by atoms with Gasteiger partial charge >= 0.3 is 0 Å². The number of anilines is 2. The van der Waals surface area contributed by atoms with Gasteiger partial charge in [0.25, 0.3) is 0 Å². The SMILES string of the molecule is CSCCNc1nc(C)ccc1N. The van der Waals surface area contributed by atoms with Crippen molar-refractivity contribution in [3.8, 4) is 0 Å². The minimum atomic E-state index is 0.715. The zero-order valence-corrected chi connectivity index (χ0v) is 8.82. The van der Waals surface area contributed by atoms with E-state index in [2.05, 4.69) is 16.6 Å². The van der Waals surface area contributed by atoms with Gasteiger partial charge in [-0.05, 0) is 25.3 Å². The Hall–Kier alpha value is -0.900. The van der Waals surface area contributed by atoms with E-state index >= 15 is 0 Å². The number of nitrogens with one attached hydrogen (secondary N) is 1. The Balaban J connectivity index is 2.59. The minimum Gasteiger partial charge on any atom is -0.396 e. The number of aromatic nitrogens is 1. The number of hydrogen-bond acceptors (Lipinski definition) is 4. The summed E-state index contributed by atoms with van der Waals surface area (Å²) in [5, 5.41) is 3.20. The normalized spacial score (nSPS) is 10.0. The molecule has 1 rings (SSSR count). The molecule has 0 aromatic carbocycles. The molecular formula is C9H15N3S. The number of nitrogens with two attached hydrogens (primary N) is 1. The summed E-state index contributed by atoms with van der Waals surface area (Å²) in [7, 11) is 0. The van der Waals surface area contributed by atoms with E-state index in [1.54, 1.807) is 11.8 Å². The highest BCUT2D eigenvalue weighted by Gasteiger charge is 1.98. The Morgan fingerprint density at radius 1 is 1.54 bits per heavy atom. The summed E-state index contributed by atoms with van der Waals surface area (Å²) in [6, 6.07) is 3.79. The van der Waals surface area contributed by atoms with Gasteiger partial charge in [0, 0.05) is 18.0 Å². The quantitative estimate of drug-likeness (QED) is 0.722. The van der Waals surface area contributed by atoms with Crippen LogP contribution < -0.4 is 11.1 Å². The Bertz CT molecular complexity index is 276. The van der Waals surface area contributed by atoms with Gasteiger partial charge in [0.1, 0.15) is 5.82 Å². The van der Waals surface area contributed by atoms with Gasteiger partial charge in [-0.1, -0.05) is 0 Å². The number of nitrogen functional groups attached to an aromatic ring is 1. The van der Waals surface area contributed by atoms with Crippen LogP contribution in [0.2, 0.25) is 0 Å². The van der Waals surface area contributed by atoms with Crippen molar-refractivity contribution in [2.75, 3.05) is 29.6 Å². The summed E-state index contributed by atoms with van der Waals surface area (Å²) in [6.45, 7) is 2.86. The summed E-state index contributed by atoms with van der Waals surface area (Å²) < 4.78 is 0. The fraction of sp³-hybridized carbons (Fsp3) is 0.444. The van der Waals surface area contributed by atoms with Gasteiger partial charge in [0.2, 0.25) is 0 Å². The molecule has 0 aliphatic rings. The summed E-state index contributed by atoms with van der Waals surface area (Å²) in [4.78, 5) is 4.30. The monoisotopic (exact) mass is 197 g/mol. The van der Waals surface area contributed by atoms with Crippen LogP contribution in [0.5, 0.6) is 0 Å². The first-order chi connectivity index (χ1) is 6.24. The van der Waals surface area contributed by atoms with Gasteiger partial charge in [-0.3, -0.25) is 0 Å². The molecule has 0 saturated carbocycles. The van der Waals surface area contributed by atoms with Crippen molar-refractivity contribution in [3.63, 3.8) is 0 Å². The van der Waals surface area contributed by atoms with Crippen molar-refractivity contribution >= 4 is 23.3 Å². The number of pyridine rings is 1. The second-order valence-corrected chi connectivity index (χ2v) is 3.80. The van der Waals surface area contributed by atoms with E-state index in [4.69, 9.17) is 5.73 Å². The second-order valence-electron chi connectivity index (χ2n) is 2.81. The van der Waals surface area contributed by atoms with Crippen LogP contribution in [0.1, 0.15) is 5.69 Å². The summed E-state index contributed by atoms with van der Waals surface area (Å²) >= 11 is 1.80. The van der Waals surface area contributed by atoms with E-state index < -0.39 is 0 Å². The molecule has 1 aromatic rings. The number of nitrogens with zero attached hydrogens (tertiary/aromatic N) is 1. The Morgan fingerprint density at radius 3 is 3.00 bits per heavy atom. The van der Waals surface area contributed by atoms with Gasteiger partial charge < -0.3 is 11.1 Å². The predicted molar refractivity (Wildman–Crippen MR) is 60.3 cm³/mol. The molecule has 72 valence electrons. The fourth-order valence-electron chi connectivity index (χ4n) is 0.981. The highest BCUT2D eigenvalue weighted by molar-refractivity contribution is 7.98. The van der Waals surface area contributed by atoms with E-state index in [-0.39, 0.29) is 0 Å². The minimum absolute atomic E-state index is 0.715. The lowest BCUT2D eigenvalue weighted by Crippen LogP contribution is -2.08. The number of aryl methyl sites for hydroxylation is 1. The molecule has 1 aromatic heterocycles. The molecular weight excluding hydrogens is 182 g/mol. The average molecular weight is 197 g/mol. The first-order valence-corrected chi connectivity index (χ1v) is 5.59. The van der Waals surface area contributed by atoms with Gasteiger partial charge in [-0.25, -0.2) is 4.98 Å². The van der Waals surface area contributed by atoms with Crippen LogP contribution in [0.25, 0.3) is 0 Å². The van der Waals surface area contributed by atoms with E-state index in [1.165, 1.54) is 0 Å². The molecule has 0 atom stereocenters. The summed E-state index contributed by atoms with van der Waals surface area (Å²) in [5.41, 5.74) is 7.44. The summed E-state index contributed by atoms with van der Waals surface area (Å²) in [6.07, 6.45) is 2.08. The molecule has 0 aliphatic carbocycles. The van der Waals surface area contributed by atoms with Gasteiger partial charge in [-0.2, -0.15) is 11.8 Å². The van der Waals surface area contributed by atoms with Crippen LogP contribution in [0.4, 0.5) is 11.5 Å². The maximum absolute atomic E-state index is 5.74. The fourth-order valence-corrected chi connectivity index (χ4v) is 1.29. The zero-order chi connectivity index (χ0) is 9.68. The van der Waals surface area contributed by atoms with Crippen molar-refractivity contribution in [1.29, 1.82) is 0 Å². The van der Waals surface area contributed by atoms with Crippen LogP contribution in [0.3, 0.4) is 0 Å². The lowest BCUT2D eigenvalue weighted by Gasteiger charge is -2.07. The molecule has 0 unspecified atom stereocenters. The molecule has 0 spiro atoms. The molecule has 1 heterocycles. The van der Waals surface area contributed by atoms with Gasteiger partial charge in [0.05, 0.1) is 5.69 Å². The van der Waals surface area contributed by atoms with Crippen LogP contribution in [0.15, 0.2) is 12.1 Å². The van der Waals surface area contributed by atoms with E-state index in [0.717, 1.165) is 23.8 Å². The van der Waals surface area contributed by atoms with Crippen LogP contribution in [-0.2, 0) is 0 Å². The Kier molecular flexibility index (Phi) is 3.89. The van der Waals surface area contributed by atoms with Gasteiger partial charge in [-0.15, -0.1) is 0 Å². The lowest BCUT2D eigenvalue weighted by atomic mass is 10.3. The number of rotatable bonds is 4. The highest BCUT2D eigenvalue weighted by Crippen LogP contribution is 2.14. The van der Waals surface area contributed by atoms with E-state index in [1.807, 2.05) is 19.1 Å². The molecule has 0 amide bonds. The van der Waals surface area contributed by atoms with E-state index in [9.17, 15) is 0 Å². The summed E-state index contributed by atoms with van der Waals surface area (Å²) in [5.74, 6) is 1.86. The molecule has 4 heteroatoms. The van der Waals surface area contributed by atoms with Crippen LogP contribution in [-0.4, -0.2) is 23.5 Å². The second kappa shape index (κ2) is 4.97. The molecule has 0 saturated heterocycles. The third-order valence-electron chi connectivity index (χ3n) is 1.66. The van der Waals surface area contributed by atoms with Crippen molar-refractivity contribution in [2.45, 2.75) is 6.92 Å². The zero-order valence-electron chi connectivity index (χ0n) is 8.00. The number of thioether (sulfide) groups is 1. The number of hydrogen-bond donors (Lipinski definition) is 2. The molecule has 3 N–H and O–H groups in total. The molecule has 0 radical (unpaired) electrons. The first kappa shape index (κ1) is 10.2. The highest BCUT2D eigenvalue weighted by atomic mass is 32.2. The maximum Gasteiger partial charge on any atom is 0.149 e. The smallest absolute Gasteiger partial charge is 0.149 e. The standard InChI is InChI=1S/C9H15N3S/c1-7-3-4-8(10)9(12-7)11-5-6-13-2/h3-4H,5-6,10H2,1-2H3,(H,11,12). The third-order valence-corrected chi connectivity index (χ3v) is 2.28. The van der Waals surface area contributed by atoms with Gasteiger partial charge in [0.15, 0.2) is 0 Å². The molecule has 0 aliphatic heterocycles.